The Morgan fingerprint density at radius 1 is 1.42 bits per heavy atom. The van der Waals surface area contributed by atoms with Gasteiger partial charge in [-0.2, -0.15) is 0 Å². The van der Waals surface area contributed by atoms with Crippen LogP contribution in [-0.2, 0) is 4.79 Å². The topological polar surface area (TPSA) is 42.0 Å². The summed E-state index contributed by atoms with van der Waals surface area (Å²) in [4.78, 5) is 15.7. The molecule has 5 heteroatoms. The standard InChI is InChI=1S/C14H18BrFN2O/c15-12-8-11(16)9-17-14(12)18-13(19)7-6-10-4-2-1-3-5-10/h8-10H,1-7H2,(H,17,18,19). The third-order valence-corrected chi connectivity index (χ3v) is 4.17. The lowest BCUT2D eigenvalue weighted by Crippen LogP contribution is -2.15. The van der Waals surface area contributed by atoms with Crippen LogP contribution in [0, 0.1) is 11.7 Å². The third kappa shape index (κ3) is 4.56. The molecule has 1 saturated carbocycles. The van der Waals surface area contributed by atoms with Crippen LogP contribution < -0.4 is 5.32 Å². The van der Waals surface area contributed by atoms with Crippen molar-refractivity contribution < 1.29 is 9.18 Å². The first-order valence-electron chi connectivity index (χ1n) is 6.76. The van der Waals surface area contributed by atoms with Crippen LogP contribution in [0.4, 0.5) is 10.2 Å². The van der Waals surface area contributed by atoms with Crippen molar-refractivity contribution in [1.82, 2.24) is 4.98 Å². The number of hydrogen-bond acceptors (Lipinski definition) is 2. The van der Waals surface area contributed by atoms with E-state index in [2.05, 4.69) is 26.2 Å². The second-order valence-electron chi connectivity index (χ2n) is 5.07. The third-order valence-electron chi connectivity index (χ3n) is 3.57. The lowest BCUT2D eigenvalue weighted by atomic mass is 9.86. The van der Waals surface area contributed by atoms with Crippen molar-refractivity contribution in [3.8, 4) is 0 Å². The molecule has 1 amide bonds. The molecule has 1 aromatic rings. The zero-order chi connectivity index (χ0) is 13.7. The molecule has 1 heterocycles. The Hall–Kier alpha value is -0.970. The van der Waals surface area contributed by atoms with Gasteiger partial charge in [0.15, 0.2) is 0 Å². The zero-order valence-electron chi connectivity index (χ0n) is 10.8. The van der Waals surface area contributed by atoms with Crippen molar-refractivity contribution in [1.29, 1.82) is 0 Å². The number of amides is 1. The van der Waals surface area contributed by atoms with Crippen molar-refractivity contribution in [3.63, 3.8) is 0 Å². The molecule has 0 unspecified atom stereocenters. The Kier molecular flexibility index (Phi) is 5.31. The average Bonchev–Trinajstić information content (AvgIpc) is 2.41. The van der Waals surface area contributed by atoms with Crippen LogP contribution in [0.25, 0.3) is 0 Å². The molecule has 1 aliphatic carbocycles. The van der Waals surface area contributed by atoms with Crippen molar-refractivity contribution in [2.24, 2.45) is 5.92 Å². The van der Waals surface area contributed by atoms with E-state index < -0.39 is 5.82 Å². The van der Waals surface area contributed by atoms with Gasteiger partial charge in [0.1, 0.15) is 11.6 Å². The number of rotatable bonds is 4. The predicted octanol–water partition coefficient (Wildman–Crippen LogP) is 4.28. The van der Waals surface area contributed by atoms with E-state index in [-0.39, 0.29) is 5.91 Å². The largest absolute Gasteiger partial charge is 0.310 e. The Balaban J connectivity index is 1.80. The van der Waals surface area contributed by atoms with Crippen molar-refractivity contribution >= 4 is 27.7 Å². The maximum absolute atomic E-state index is 12.9. The Morgan fingerprint density at radius 3 is 2.84 bits per heavy atom. The van der Waals surface area contributed by atoms with Gasteiger partial charge in [0.2, 0.25) is 5.91 Å². The van der Waals surface area contributed by atoms with Crippen LogP contribution in [-0.4, -0.2) is 10.9 Å². The van der Waals surface area contributed by atoms with Gasteiger partial charge in [-0.1, -0.05) is 32.1 Å². The number of hydrogen-bond donors (Lipinski definition) is 1. The van der Waals surface area contributed by atoms with E-state index in [1.54, 1.807) is 0 Å². The summed E-state index contributed by atoms with van der Waals surface area (Å²) in [5.41, 5.74) is 0. The Bertz CT molecular complexity index is 447. The minimum atomic E-state index is -0.424. The Labute approximate surface area is 121 Å². The second-order valence-corrected chi connectivity index (χ2v) is 5.93. The number of aromatic nitrogens is 1. The molecule has 0 aliphatic heterocycles. The summed E-state index contributed by atoms with van der Waals surface area (Å²) in [7, 11) is 0. The van der Waals surface area contributed by atoms with E-state index in [0.717, 1.165) is 12.6 Å². The lowest BCUT2D eigenvalue weighted by molar-refractivity contribution is -0.116. The van der Waals surface area contributed by atoms with Crippen LogP contribution >= 0.6 is 15.9 Å². The molecular weight excluding hydrogens is 311 g/mol. The van der Waals surface area contributed by atoms with Crippen LogP contribution in [0.1, 0.15) is 44.9 Å². The van der Waals surface area contributed by atoms with Crippen molar-refractivity contribution in [3.05, 3.63) is 22.6 Å². The molecular formula is C14H18BrFN2O. The molecule has 0 atom stereocenters. The predicted molar refractivity (Wildman–Crippen MR) is 76.3 cm³/mol. The van der Waals surface area contributed by atoms with E-state index in [0.29, 0.717) is 22.6 Å². The Morgan fingerprint density at radius 2 is 2.16 bits per heavy atom. The average molecular weight is 329 g/mol. The van der Waals surface area contributed by atoms with Gasteiger partial charge in [-0.05, 0) is 34.3 Å². The summed E-state index contributed by atoms with van der Waals surface area (Å²) in [6.45, 7) is 0. The number of halogens is 2. The van der Waals surface area contributed by atoms with Gasteiger partial charge in [0, 0.05) is 6.42 Å². The van der Waals surface area contributed by atoms with E-state index in [1.807, 2.05) is 0 Å². The van der Waals surface area contributed by atoms with E-state index in [1.165, 1.54) is 38.2 Å². The number of nitrogens with one attached hydrogen (secondary N) is 1. The molecule has 1 aliphatic rings. The second kappa shape index (κ2) is 6.98. The van der Waals surface area contributed by atoms with Gasteiger partial charge in [0.25, 0.3) is 0 Å². The van der Waals surface area contributed by atoms with Crippen LogP contribution in [0.3, 0.4) is 0 Å². The summed E-state index contributed by atoms with van der Waals surface area (Å²) in [6.07, 6.45) is 8.93. The first-order valence-corrected chi connectivity index (χ1v) is 7.55. The van der Waals surface area contributed by atoms with Crippen LogP contribution in [0.2, 0.25) is 0 Å². The number of carbonyl (C=O) groups is 1. The van der Waals surface area contributed by atoms with Gasteiger partial charge in [-0.3, -0.25) is 4.79 Å². The molecule has 0 radical (unpaired) electrons. The summed E-state index contributed by atoms with van der Waals surface area (Å²) in [6, 6.07) is 1.30. The minimum Gasteiger partial charge on any atom is -0.310 e. The van der Waals surface area contributed by atoms with E-state index >= 15 is 0 Å². The molecule has 0 bridgehead atoms. The summed E-state index contributed by atoms with van der Waals surface area (Å²) in [5.74, 6) is 0.594. The summed E-state index contributed by atoms with van der Waals surface area (Å²) >= 11 is 3.19. The normalized spacial score (nSPS) is 16.3. The van der Waals surface area contributed by atoms with Crippen molar-refractivity contribution in [2.75, 3.05) is 5.32 Å². The number of carbonyl (C=O) groups excluding carboxylic acids is 1. The maximum Gasteiger partial charge on any atom is 0.225 e. The zero-order valence-corrected chi connectivity index (χ0v) is 12.4. The number of anilines is 1. The van der Waals surface area contributed by atoms with Crippen LogP contribution in [0.15, 0.2) is 16.7 Å². The van der Waals surface area contributed by atoms with E-state index in [4.69, 9.17) is 0 Å². The highest BCUT2D eigenvalue weighted by Gasteiger charge is 2.15. The highest BCUT2D eigenvalue weighted by atomic mass is 79.9. The molecule has 19 heavy (non-hydrogen) atoms. The summed E-state index contributed by atoms with van der Waals surface area (Å²) in [5, 5.41) is 2.71. The van der Waals surface area contributed by atoms with Gasteiger partial charge >= 0.3 is 0 Å². The van der Waals surface area contributed by atoms with Gasteiger partial charge in [-0.25, -0.2) is 9.37 Å². The lowest BCUT2D eigenvalue weighted by Gasteiger charge is -2.20. The highest BCUT2D eigenvalue weighted by Crippen LogP contribution is 2.27. The fraction of sp³-hybridized carbons (Fsp3) is 0.571. The number of nitrogens with zero attached hydrogens (tertiary/aromatic N) is 1. The maximum atomic E-state index is 12.9. The fourth-order valence-corrected chi connectivity index (χ4v) is 2.93. The molecule has 0 spiro atoms. The van der Waals surface area contributed by atoms with Crippen molar-refractivity contribution in [2.45, 2.75) is 44.9 Å². The van der Waals surface area contributed by atoms with Gasteiger partial charge < -0.3 is 5.32 Å². The van der Waals surface area contributed by atoms with E-state index in [9.17, 15) is 9.18 Å². The molecule has 104 valence electrons. The van der Waals surface area contributed by atoms with Crippen LogP contribution in [0.5, 0.6) is 0 Å². The smallest absolute Gasteiger partial charge is 0.225 e. The molecule has 3 nitrogen and oxygen atoms in total. The number of pyridine rings is 1. The quantitative estimate of drug-likeness (QED) is 0.896. The molecule has 0 aromatic carbocycles. The highest BCUT2D eigenvalue weighted by molar-refractivity contribution is 9.10. The fourth-order valence-electron chi connectivity index (χ4n) is 2.51. The SMILES string of the molecule is O=C(CCC1CCCCC1)Nc1ncc(F)cc1Br. The van der Waals surface area contributed by atoms with Gasteiger partial charge in [0.05, 0.1) is 10.7 Å². The van der Waals surface area contributed by atoms with Gasteiger partial charge in [-0.15, -0.1) is 0 Å². The molecule has 2 rings (SSSR count). The first kappa shape index (κ1) is 14.4. The monoisotopic (exact) mass is 328 g/mol. The molecule has 1 fully saturated rings. The first-order chi connectivity index (χ1) is 9.15. The molecule has 0 saturated heterocycles. The summed E-state index contributed by atoms with van der Waals surface area (Å²) < 4.78 is 13.3. The molecule has 1 N–H and O–H groups in total. The minimum absolute atomic E-state index is 0.0506. The molecule has 1 aromatic heterocycles.